The van der Waals surface area contributed by atoms with Crippen LogP contribution in [-0.2, 0) is 19.5 Å². The van der Waals surface area contributed by atoms with Crippen LogP contribution in [0.4, 0.5) is 17.3 Å². The van der Waals surface area contributed by atoms with Crippen molar-refractivity contribution in [2.24, 2.45) is 23.7 Å². The van der Waals surface area contributed by atoms with Crippen molar-refractivity contribution in [3.05, 3.63) is 48.6 Å². The monoisotopic (exact) mass is 716 g/mol. The zero-order valence-corrected chi connectivity index (χ0v) is 30.6. The summed E-state index contributed by atoms with van der Waals surface area (Å²) in [7, 11) is -6.09. The summed E-state index contributed by atoms with van der Waals surface area (Å²) < 4.78 is 39.0. The van der Waals surface area contributed by atoms with Crippen LogP contribution in [0.15, 0.2) is 48.6 Å². The molecule has 3 aliphatic rings. The molecule has 0 amide bonds. The Kier molecular flexibility index (Phi) is 18.5. The zero-order chi connectivity index (χ0) is 30.7. The largest absolute Gasteiger partial charge is 0.673 e. The number of rotatable bonds is 6. The van der Waals surface area contributed by atoms with Crippen LogP contribution in [0.1, 0.15) is 107 Å². The molecule has 42 heavy (non-hydrogen) atoms. The van der Waals surface area contributed by atoms with Crippen LogP contribution in [-0.4, -0.2) is 29.9 Å². The van der Waals surface area contributed by atoms with E-state index in [4.69, 9.17) is 0 Å². The number of hydrogen-bond acceptors (Lipinski definition) is 0. The second kappa shape index (κ2) is 19.5. The van der Waals surface area contributed by atoms with Gasteiger partial charge < -0.3 is 17.3 Å². The van der Waals surface area contributed by atoms with Gasteiger partial charge in [-0.05, 0) is 108 Å². The number of hydrogen-bond donors (Lipinski definition) is 0. The fourth-order valence-corrected chi connectivity index (χ4v) is 15.4. The molecule has 1 aromatic carbocycles. The van der Waals surface area contributed by atoms with Gasteiger partial charge in [-0.3, -0.25) is 0 Å². The van der Waals surface area contributed by atoms with Crippen molar-refractivity contribution in [2.75, 3.05) is 0 Å². The third-order valence-corrected chi connectivity index (χ3v) is 17.1. The summed E-state index contributed by atoms with van der Waals surface area (Å²) in [6, 6.07) is 9.86. The van der Waals surface area contributed by atoms with Crippen molar-refractivity contribution in [2.45, 2.75) is 129 Å². The minimum absolute atomic E-state index is 0. The molecule has 0 saturated carbocycles. The normalized spacial score (nSPS) is 25.1. The first-order valence-electron chi connectivity index (χ1n) is 16.1. The standard InChI is InChI=1S/C26H44P2.C8H12.BF4.Rh/c1-17(2)21-13-14-22(18(3)4)27(21)25-11-9-10-12-26(25)28-23(19(5)6)15-16-24(28)20(7)8;1-2-4-6-8-7-5-3-1;2-1(3,4)5;/h9-12,17-24H,13-16H2,1-8H3;1-2,7-8H,3-6H2;;/q;;-1;/t21-,22-,23-,24-;;;/m1.../s1. The van der Waals surface area contributed by atoms with Crippen molar-refractivity contribution >= 4 is 33.7 Å². The third-order valence-electron chi connectivity index (χ3n) is 8.80. The van der Waals surface area contributed by atoms with E-state index in [2.05, 4.69) is 104 Å². The summed E-state index contributed by atoms with van der Waals surface area (Å²) in [5.41, 5.74) is 3.71. The maximum atomic E-state index is 9.75. The van der Waals surface area contributed by atoms with E-state index in [9.17, 15) is 17.3 Å². The van der Waals surface area contributed by atoms with Gasteiger partial charge in [0.15, 0.2) is 0 Å². The summed E-state index contributed by atoms with van der Waals surface area (Å²) >= 11 is 0. The third kappa shape index (κ3) is 12.8. The summed E-state index contributed by atoms with van der Waals surface area (Å²) in [5.74, 6) is 3.28. The molecule has 0 bridgehead atoms. The quantitative estimate of drug-likeness (QED) is 0.119. The average molecular weight is 716 g/mol. The number of halogens is 4. The number of allylic oxidation sites excluding steroid dienone is 4. The molecule has 243 valence electrons. The smallest absolute Gasteiger partial charge is 0.418 e. The predicted molar refractivity (Wildman–Crippen MR) is 179 cm³/mol. The Morgan fingerprint density at radius 2 is 0.738 bits per heavy atom. The first-order valence-corrected chi connectivity index (χ1v) is 19.0. The van der Waals surface area contributed by atoms with Crippen molar-refractivity contribution in [3.8, 4) is 0 Å². The van der Waals surface area contributed by atoms with Crippen molar-refractivity contribution in [3.63, 3.8) is 0 Å². The van der Waals surface area contributed by atoms with Gasteiger partial charge in [-0.25, -0.2) is 0 Å². The molecule has 2 heterocycles. The molecule has 0 nitrogen and oxygen atoms in total. The summed E-state index contributed by atoms with van der Waals surface area (Å²) in [6.45, 7) is 19.9. The van der Waals surface area contributed by atoms with E-state index in [1.165, 1.54) is 51.4 Å². The molecule has 4 atom stereocenters. The van der Waals surface area contributed by atoms with Crippen LogP contribution in [0.5, 0.6) is 0 Å². The van der Waals surface area contributed by atoms with Gasteiger partial charge in [-0.2, -0.15) is 0 Å². The fraction of sp³-hybridized carbons (Fsp3) is 0.706. The molecule has 4 rings (SSSR count). The summed E-state index contributed by atoms with van der Waals surface area (Å²) in [6.07, 6.45) is 19.8. The zero-order valence-electron chi connectivity index (χ0n) is 27.2. The Bertz CT molecular complexity index is 829. The van der Waals surface area contributed by atoms with E-state index in [1.807, 2.05) is 10.6 Å². The minimum atomic E-state index is -6.00. The Morgan fingerprint density at radius 1 is 0.524 bits per heavy atom. The topological polar surface area (TPSA) is 0 Å². The average Bonchev–Trinajstić information content (AvgIpc) is 3.48. The molecule has 0 aromatic heterocycles. The molecule has 0 spiro atoms. The van der Waals surface area contributed by atoms with Gasteiger partial charge in [0.25, 0.3) is 0 Å². The SMILES string of the molecule is C1=CCCC=CCC1.CC(C)[C@H]1CC[C@H](C(C)C)P1c1ccccc1P1[C@@H](C(C)C)CC[C@@H]1C(C)C.F[B-](F)(F)F.[Rh]. The van der Waals surface area contributed by atoms with E-state index in [0.29, 0.717) is 0 Å². The predicted octanol–water partition coefficient (Wildman–Crippen LogP) is 11.6. The molecule has 2 fully saturated rings. The molecular weight excluding hydrogens is 660 g/mol. The van der Waals surface area contributed by atoms with E-state index < -0.39 is 7.25 Å². The van der Waals surface area contributed by atoms with Crippen molar-refractivity contribution in [1.29, 1.82) is 0 Å². The fourth-order valence-electron chi connectivity index (χ4n) is 6.82. The maximum Gasteiger partial charge on any atom is 0.673 e. The van der Waals surface area contributed by atoms with Gasteiger partial charge in [0, 0.05) is 19.5 Å². The molecule has 0 unspecified atom stereocenters. The van der Waals surface area contributed by atoms with Crippen LogP contribution in [0.25, 0.3) is 0 Å². The van der Waals surface area contributed by atoms with Gasteiger partial charge in [-0.1, -0.05) is 120 Å². The Morgan fingerprint density at radius 3 is 0.929 bits per heavy atom. The van der Waals surface area contributed by atoms with Gasteiger partial charge in [0.05, 0.1) is 0 Å². The van der Waals surface area contributed by atoms with Crippen LogP contribution in [0, 0.1) is 23.7 Å². The van der Waals surface area contributed by atoms with E-state index in [0.717, 1.165) is 46.3 Å². The number of benzene rings is 1. The minimum Gasteiger partial charge on any atom is -0.418 e. The van der Waals surface area contributed by atoms with Gasteiger partial charge in [0.1, 0.15) is 0 Å². The molecule has 1 aliphatic carbocycles. The van der Waals surface area contributed by atoms with E-state index in [1.54, 1.807) is 0 Å². The Hall–Kier alpha value is -0.0317. The van der Waals surface area contributed by atoms with E-state index in [-0.39, 0.29) is 35.3 Å². The van der Waals surface area contributed by atoms with Crippen LogP contribution < -0.4 is 10.6 Å². The van der Waals surface area contributed by atoms with Gasteiger partial charge in [-0.15, -0.1) is 0 Å². The second-order valence-corrected chi connectivity index (χ2v) is 18.5. The van der Waals surface area contributed by atoms with Gasteiger partial charge in [0.2, 0.25) is 0 Å². The second-order valence-electron chi connectivity index (χ2n) is 13.3. The van der Waals surface area contributed by atoms with Crippen LogP contribution >= 0.6 is 15.8 Å². The summed E-state index contributed by atoms with van der Waals surface area (Å²) in [5, 5.41) is 3.66. The molecule has 2 aliphatic heterocycles. The molecule has 1 aromatic rings. The molecular formula is C34H56BF4P2Rh-. The van der Waals surface area contributed by atoms with Crippen LogP contribution in [0.3, 0.4) is 0 Å². The molecule has 1 radical (unpaired) electrons. The first kappa shape index (κ1) is 40.0. The van der Waals surface area contributed by atoms with Crippen molar-refractivity contribution < 1.29 is 36.7 Å². The molecule has 2 saturated heterocycles. The molecule has 0 N–H and O–H groups in total. The van der Waals surface area contributed by atoms with Crippen molar-refractivity contribution in [1.82, 2.24) is 0 Å². The Balaban J connectivity index is 0.000000522. The maximum absolute atomic E-state index is 9.75. The van der Waals surface area contributed by atoms with Crippen LogP contribution in [0.2, 0.25) is 0 Å². The first-order chi connectivity index (χ1) is 19.2. The summed E-state index contributed by atoms with van der Waals surface area (Å²) in [4.78, 5) is 0. The Labute approximate surface area is 271 Å². The van der Waals surface area contributed by atoms with Gasteiger partial charge >= 0.3 is 7.25 Å². The van der Waals surface area contributed by atoms with E-state index >= 15 is 0 Å². The molecule has 8 heteroatoms.